The van der Waals surface area contributed by atoms with Crippen LogP contribution in [0.15, 0.2) is 60.1 Å². The lowest BCUT2D eigenvalue weighted by Crippen LogP contribution is -1.99. The van der Waals surface area contributed by atoms with Gasteiger partial charge in [0.1, 0.15) is 5.69 Å². The summed E-state index contributed by atoms with van der Waals surface area (Å²) in [6.45, 7) is 0.686. The number of hydrogen-bond acceptors (Lipinski definition) is 4. The fourth-order valence-electron chi connectivity index (χ4n) is 2.24. The van der Waals surface area contributed by atoms with Crippen LogP contribution in [0.3, 0.4) is 0 Å². The molecule has 0 spiro atoms. The Labute approximate surface area is 138 Å². The van der Waals surface area contributed by atoms with Crippen molar-refractivity contribution in [3.63, 3.8) is 0 Å². The Balaban J connectivity index is 1.93. The number of esters is 1. The number of aromatic nitrogens is 2. The second kappa shape index (κ2) is 7.07. The third-order valence-electron chi connectivity index (χ3n) is 3.33. The fraction of sp³-hybridized carbons (Fsp3) is 0.111. The zero-order chi connectivity index (χ0) is 16.1. The van der Waals surface area contributed by atoms with Crippen LogP contribution in [0.1, 0.15) is 11.1 Å². The molecule has 2 heterocycles. The minimum Gasteiger partial charge on any atom is -0.466 e. The van der Waals surface area contributed by atoms with Crippen LogP contribution >= 0.6 is 11.3 Å². The lowest BCUT2D eigenvalue weighted by molar-refractivity contribution is -0.134. The van der Waals surface area contributed by atoms with E-state index < -0.39 is 0 Å². The Hall–Kier alpha value is -2.66. The molecule has 4 nitrogen and oxygen atoms in total. The second-order valence-corrected chi connectivity index (χ2v) is 5.90. The summed E-state index contributed by atoms with van der Waals surface area (Å²) in [5.74, 6) is -0.377. The van der Waals surface area contributed by atoms with Gasteiger partial charge in [-0.1, -0.05) is 36.4 Å². The zero-order valence-electron chi connectivity index (χ0n) is 12.7. The van der Waals surface area contributed by atoms with Crippen molar-refractivity contribution in [2.75, 3.05) is 7.11 Å². The molecular formula is C18H16N2O2S. The van der Waals surface area contributed by atoms with Crippen molar-refractivity contribution in [1.82, 2.24) is 9.78 Å². The highest BCUT2D eigenvalue weighted by Gasteiger charge is 2.11. The number of carbonyl (C=O) groups is 1. The first-order valence-corrected chi connectivity index (χ1v) is 8.05. The van der Waals surface area contributed by atoms with Crippen LogP contribution in [0.4, 0.5) is 0 Å². The molecule has 0 aliphatic heterocycles. The molecule has 3 rings (SSSR count). The first-order valence-electron chi connectivity index (χ1n) is 7.17. The number of nitrogens with zero attached hydrogens (tertiary/aromatic N) is 2. The number of rotatable bonds is 5. The summed E-state index contributed by atoms with van der Waals surface area (Å²) in [5.41, 5.74) is 2.95. The quantitative estimate of drug-likeness (QED) is 0.529. The third kappa shape index (κ3) is 3.76. The van der Waals surface area contributed by atoms with E-state index in [1.165, 1.54) is 18.7 Å². The fourth-order valence-corrected chi connectivity index (χ4v) is 2.97. The molecule has 2 aromatic heterocycles. The van der Waals surface area contributed by atoms with Crippen molar-refractivity contribution in [3.05, 3.63) is 71.2 Å². The first kappa shape index (κ1) is 15.2. The molecule has 23 heavy (non-hydrogen) atoms. The lowest BCUT2D eigenvalue weighted by atomic mass is 10.2. The summed E-state index contributed by atoms with van der Waals surface area (Å²) in [6.07, 6.45) is 5.11. The predicted octanol–water partition coefficient (Wildman–Crippen LogP) is 3.85. The van der Waals surface area contributed by atoms with Crippen molar-refractivity contribution in [2.24, 2.45) is 0 Å². The highest BCUT2D eigenvalue weighted by molar-refractivity contribution is 7.13. The molecule has 0 unspecified atom stereocenters. The third-order valence-corrected chi connectivity index (χ3v) is 4.21. The summed E-state index contributed by atoms with van der Waals surface area (Å²) >= 11 is 1.62. The van der Waals surface area contributed by atoms with Gasteiger partial charge in [0.15, 0.2) is 0 Å². The Morgan fingerprint density at radius 2 is 2.09 bits per heavy atom. The molecule has 3 aromatic rings. The van der Waals surface area contributed by atoms with Crippen molar-refractivity contribution < 1.29 is 9.53 Å². The van der Waals surface area contributed by atoms with Gasteiger partial charge in [0.05, 0.1) is 18.5 Å². The van der Waals surface area contributed by atoms with Crippen LogP contribution in [0.2, 0.25) is 0 Å². The average Bonchev–Trinajstić information content (AvgIpc) is 3.23. The van der Waals surface area contributed by atoms with Gasteiger partial charge < -0.3 is 4.74 Å². The summed E-state index contributed by atoms with van der Waals surface area (Å²) < 4.78 is 6.54. The van der Waals surface area contributed by atoms with E-state index in [0.29, 0.717) is 6.54 Å². The molecular weight excluding hydrogens is 308 g/mol. The molecule has 0 aliphatic rings. The molecule has 0 atom stereocenters. The van der Waals surface area contributed by atoms with E-state index in [-0.39, 0.29) is 5.97 Å². The molecule has 0 saturated heterocycles. The van der Waals surface area contributed by atoms with Crippen LogP contribution in [0, 0.1) is 0 Å². The van der Waals surface area contributed by atoms with Gasteiger partial charge in [-0.2, -0.15) is 5.10 Å². The zero-order valence-corrected chi connectivity index (χ0v) is 13.5. The van der Waals surface area contributed by atoms with Gasteiger partial charge >= 0.3 is 5.97 Å². The Bertz CT molecular complexity index is 805. The first-order chi connectivity index (χ1) is 11.3. The largest absolute Gasteiger partial charge is 0.466 e. The molecule has 1 aromatic carbocycles. The highest BCUT2D eigenvalue weighted by Crippen LogP contribution is 2.27. The SMILES string of the molecule is COC(=O)/C=C/c1cn(Cc2ccccc2)nc1-c1cccs1. The van der Waals surface area contributed by atoms with Crippen LogP contribution in [-0.4, -0.2) is 22.9 Å². The monoisotopic (exact) mass is 324 g/mol. The van der Waals surface area contributed by atoms with Crippen LogP contribution in [-0.2, 0) is 16.1 Å². The number of benzene rings is 1. The Morgan fingerprint density at radius 3 is 2.78 bits per heavy atom. The molecule has 0 aliphatic carbocycles. The maximum atomic E-state index is 11.3. The molecule has 0 saturated carbocycles. The van der Waals surface area contributed by atoms with Crippen LogP contribution in [0.25, 0.3) is 16.6 Å². The maximum Gasteiger partial charge on any atom is 0.330 e. The summed E-state index contributed by atoms with van der Waals surface area (Å²) in [5, 5.41) is 6.69. The van der Waals surface area contributed by atoms with Crippen molar-refractivity contribution >= 4 is 23.4 Å². The lowest BCUT2D eigenvalue weighted by Gasteiger charge is -2.00. The van der Waals surface area contributed by atoms with Crippen molar-refractivity contribution in [3.8, 4) is 10.6 Å². The van der Waals surface area contributed by atoms with Crippen molar-refractivity contribution in [1.29, 1.82) is 0 Å². The van der Waals surface area contributed by atoms with Gasteiger partial charge in [0.2, 0.25) is 0 Å². The van der Waals surface area contributed by atoms with Crippen LogP contribution in [0.5, 0.6) is 0 Å². The molecule has 0 radical (unpaired) electrons. The predicted molar refractivity (Wildman–Crippen MR) is 92.1 cm³/mol. The Morgan fingerprint density at radius 1 is 1.26 bits per heavy atom. The smallest absolute Gasteiger partial charge is 0.330 e. The summed E-state index contributed by atoms with van der Waals surface area (Å²) in [6, 6.07) is 14.2. The van der Waals surface area contributed by atoms with E-state index in [1.54, 1.807) is 17.4 Å². The van der Waals surface area contributed by atoms with E-state index >= 15 is 0 Å². The van der Waals surface area contributed by atoms with E-state index in [9.17, 15) is 4.79 Å². The van der Waals surface area contributed by atoms with Crippen LogP contribution < -0.4 is 0 Å². The average molecular weight is 324 g/mol. The maximum absolute atomic E-state index is 11.3. The molecule has 0 N–H and O–H groups in total. The standard InChI is InChI=1S/C18H16N2O2S/c1-22-17(21)10-9-15-13-20(12-14-6-3-2-4-7-14)19-18(15)16-8-5-11-23-16/h2-11,13H,12H2,1H3/b10-9+. The minimum atomic E-state index is -0.377. The summed E-state index contributed by atoms with van der Waals surface area (Å²) in [4.78, 5) is 12.4. The number of thiophene rings is 1. The highest BCUT2D eigenvalue weighted by atomic mass is 32.1. The second-order valence-electron chi connectivity index (χ2n) is 4.95. The normalized spacial score (nSPS) is 11.0. The number of hydrogen-bond donors (Lipinski definition) is 0. The topological polar surface area (TPSA) is 44.1 Å². The van der Waals surface area contributed by atoms with E-state index in [1.807, 2.05) is 46.6 Å². The molecule has 0 amide bonds. The van der Waals surface area contributed by atoms with Gasteiger partial charge in [0.25, 0.3) is 0 Å². The van der Waals surface area contributed by atoms with E-state index in [4.69, 9.17) is 0 Å². The minimum absolute atomic E-state index is 0.377. The van der Waals surface area contributed by atoms with Gasteiger partial charge in [-0.3, -0.25) is 4.68 Å². The molecule has 0 fully saturated rings. The van der Waals surface area contributed by atoms with Gasteiger partial charge in [-0.15, -0.1) is 11.3 Å². The van der Waals surface area contributed by atoms with E-state index in [2.05, 4.69) is 22.0 Å². The van der Waals surface area contributed by atoms with Gasteiger partial charge in [-0.25, -0.2) is 4.79 Å². The van der Waals surface area contributed by atoms with E-state index in [0.717, 1.165) is 16.1 Å². The number of ether oxygens (including phenoxy) is 1. The van der Waals surface area contributed by atoms with Crippen molar-refractivity contribution in [2.45, 2.75) is 6.54 Å². The number of carbonyl (C=O) groups excluding carboxylic acids is 1. The molecule has 116 valence electrons. The summed E-state index contributed by atoms with van der Waals surface area (Å²) in [7, 11) is 1.37. The molecule has 0 bridgehead atoms. The number of methoxy groups -OCH3 is 1. The Kier molecular flexibility index (Phi) is 4.68. The van der Waals surface area contributed by atoms with Gasteiger partial charge in [0, 0.05) is 17.8 Å². The molecule has 5 heteroatoms. The van der Waals surface area contributed by atoms with Gasteiger partial charge in [-0.05, 0) is 23.1 Å².